The van der Waals surface area contributed by atoms with Gasteiger partial charge in [0.25, 0.3) is 6.16 Å². The van der Waals surface area contributed by atoms with Gasteiger partial charge < -0.3 is 29.2 Å². The van der Waals surface area contributed by atoms with E-state index in [1.54, 1.807) is 0 Å². The topological polar surface area (TPSA) is 114 Å². The molecule has 0 fully saturated rings. The van der Waals surface area contributed by atoms with E-state index in [1.165, 1.54) is 14.2 Å². The Balaban J connectivity index is -0.000000225. The van der Waals surface area contributed by atoms with Crippen molar-refractivity contribution in [3.8, 4) is 0 Å². The molecule has 0 spiro atoms. The highest BCUT2D eigenvalue weighted by Crippen LogP contribution is 1.79. The van der Waals surface area contributed by atoms with E-state index < -0.39 is 12.3 Å². The number of carbonyl (C=O) groups is 2. The lowest BCUT2D eigenvalue weighted by Crippen LogP contribution is -2.23. The summed E-state index contributed by atoms with van der Waals surface area (Å²) < 4.78 is 15.8. The van der Waals surface area contributed by atoms with Crippen LogP contribution >= 0.6 is 0 Å². The van der Waals surface area contributed by atoms with Crippen LogP contribution in [0.4, 0.5) is 9.59 Å². The Kier molecular flexibility index (Phi) is 20.1. The molecule has 1 aromatic rings. The number of methoxy groups -OCH3 is 3. The van der Waals surface area contributed by atoms with E-state index in [2.05, 4.69) is 38.2 Å². The van der Waals surface area contributed by atoms with Gasteiger partial charge in [0, 0.05) is 14.2 Å². The molecule has 0 atom stereocenters. The molecule has 1 N–H and O–H groups in total. The van der Waals surface area contributed by atoms with Crippen LogP contribution in [0.3, 0.4) is 0 Å². The van der Waals surface area contributed by atoms with Crippen LogP contribution in [0.2, 0.25) is 0 Å². The van der Waals surface area contributed by atoms with Crippen molar-refractivity contribution in [1.29, 1.82) is 0 Å². The van der Waals surface area contributed by atoms with Gasteiger partial charge in [-0.2, -0.15) is 0 Å². The van der Waals surface area contributed by atoms with Gasteiger partial charge in [-0.1, -0.05) is 0 Å². The first-order valence-corrected chi connectivity index (χ1v) is 5.73. The predicted octanol–water partition coefficient (Wildman–Crippen LogP) is -0.684. The van der Waals surface area contributed by atoms with Gasteiger partial charge in [0.1, 0.15) is 12.4 Å². The highest BCUT2D eigenvalue weighted by molar-refractivity contribution is 5.59. The average molecular weight is 308 g/mol. The minimum Gasteiger partial charge on any atom is -0.553 e. The minimum absolute atomic E-state index is 0.657. The number of rotatable bonds is 1. The predicted molar refractivity (Wildman–Crippen MR) is 71.2 cm³/mol. The van der Waals surface area contributed by atoms with Crippen LogP contribution < -0.4 is 9.67 Å². The van der Waals surface area contributed by atoms with E-state index >= 15 is 0 Å². The third kappa shape index (κ3) is 20.2. The summed E-state index contributed by atoms with van der Waals surface area (Å²) in [4.78, 5) is 18.8. The molecule has 124 valence electrons. The molecule has 1 heterocycles. The fourth-order valence-electron chi connectivity index (χ4n) is 0.772. The largest absolute Gasteiger partial charge is 0.553 e. The number of carbonyl (C=O) groups excluding carboxylic acids is 2. The molecule has 0 saturated carbocycles. The van der Waals surface area contributed by atoms with Crippen molar-refractivity contribution in [1.82, 2.24) is 4.57 Å². The number of hydrogen-bond donors (Lipinski definition) is 1. The SMILES string of the molecule is CCn1cc[n+](C)c1.CO.COC(=O)OC.COC(=O)[O-]. The lowest BCUT2D eigenvalue weighted by molar-refractivity contribution is -0.671. The van der Waals surface area contributed by atoms with E-state index in [0.717, 1.165) is 20.8 Å². The van der Waals surface area contributed by atoms with E-state index in [9.17, 15) is 4.79 Å². The van der Waals surface area contributed by atoms with Crippen LogP contribution in [-0.4, -0.2) is 50.4 Å². The second kappa shape index (κ2) is 17.7. The molecule has 9 heteroatoms. The number of imidazole rings is 1. The summed E-state index contributed by atoms with van der Waals surface area (Å²) in [7, 11) is 6.57. The van der Waals surface area contributed by atoms with Crippen molar-refractivity contribution in [3.05, 3.63) is 18.7 Å². The van der Waals surface area contributed by atoms with Gasteiger partial charge in [0.05, 0.1) is 27.8 Å². The maximum atomic E-state index is 9.74. The smallest absolute Gasteiger partial charge is 0.507 e. The number of aliphatic hydroxyl groups excluding tert-OH is 1. The van der Waals surface area contributed by atoms with E-state index in [1.807, 2.05) is 17.8 Å². The normalized spacial score (nSPS) is 7.57. The van der Waals surface area contributed by atoms with Crippen molar-refractivity contribution < 1.29 is 38.6 Å². The monoisotopic (exact) mass is 308 g/mol. The molecule has 1 rings (SSSR count). The van der Waals surface area contributed by atoms with Gasteiger partial charge in [0.2, 0.25) is 6.33 Å². The van der Waals surface area contributed by atoms with Crippen LogP contribution in [0.25, 0.3) is 0 Å². The Morgan fingerprint density at radius 1 is 1.19 bits per heavy atom. The first-order chi connectivity index (χ1) is 9.90. The Morgan fingerprint density at radius 2 is 1.62 bits per heavy atom. The van der Waals surface area contributed by atoms with Gasteiger partial charge in [-0.25, -0.2) is 13.9 Å². The molecule has 0 aromatic carbocycles. The van der Waals surface area contributed by atoms with Gasteiger partial charge >= 0.3 is 6.16 Å². The molecule has 0 amide bonds. The standard InChI is InChI=1S/C6H11N2.C3H6O3.C2H4O3.CH4O/c1-3-8-5-4-7(2)6-8;1-5-3(4)6-2;1-5-2(3)4;1-2/h4-6H,3H2,1-2H3;1-2H3;1H3,(H,3,4);2H,1H3/q+1;;;/p-1. The number of aryl methyl sites for hydroxylation is 2. The summed E-state index contributed by atoms with van der Waals surface area (Å²) in [5, 5.41) is 16.0. The zero-order chi connectivity index (χ0) is 17.3. The molecule has 1 aromatic heterocycles. The fourth-order valence-corrected chi connectivity index (χ4v) is 0.772. The quantitative estimate of drug-likeness (QED) is 0.540. The molecule has 21 heavy (non-hydrogen) atoms. The van der Waals surface area contributed by atoms with Gasteiger partial charge in [0.15, 0.2) is 0 Å². The number of aliphatic hydroxyl groups is 1. The molecular formula is C12H24N2O7. The lowest BCUT2D eigenvalue weighted by atomic mass is 10.7. The second-order valence-corrected chi connectivity index (χ2v) is 3.02. The van der Waals surface area contributed by atoms with Crippen molar-refractivity contribution >= 4 is 12.3 Å². The highest BCUT2D eigenvalue weighted by atomic mass is 16.7. The number of hydrogen-bond acceptors (Lipinski definition) is 7. The second-order valence-electron chi connectivity index (χ2n) is 3.02. The molecule has 0 aliphatic rings. The summed E-state index contributed by atoms with van der Waals surface area (Å²) in [5.41, 5.74) is 0. The van der Waals surface area contributed by atoms with E-state index in [-0.39, 0.29) is 0 Å². The summed E-state index contributed by atoms with van der Waals surface area (Å²) in [5.74, 6) is 0. The molecule has 0 aliphatic heterocycles. The number of ether oxygens (including phenoxy) is 3. The number of nitrogens with zero attached hydrogens (tertiary/aromatic N) is 2. The number of carboxylic acid groups (broad SMARTS) is 1. The van der Waals surface area contributed by atoms with Gasteiger partial charge in [-0.15, -0.1) is 0 Å². The highest BCUT2D eigenvalue weighted by Gasteiger charge is 1.92. The van der Waals surface area contributed by atoms with Gasteiger partial charge in [-0.05, 0) is 6.92 Å². The average Bonchev–Trinajstić information content (AvgIpc) is 2.95. The molecule has 0 radical (unpaired) electrons. The van der Waals surface area contributed by atoms with Crippen LogP contribution in [-0.2, 0) is 27.8 Å². The summed E-state index contributed by atoms with van der Waals surface area (Å²) >= 11 is 0. The Labute approximate surface area is 124 Å². The molecule has 9 nitrogen and oxygen atoms in total. The van der Waals surface area contributed by atoms with Crippen LogP contribution in [0.5, 0.6) is 0 Å². The summed E-state index contributed by atoms with van der Waals surface area (Å²) in [6, 6.07) is 0. The summed E-state index contributed by atoms with van der Waals surface area (Å²) in [6.45, 7) is 3.18. The Hall–Kier alpha value is -2.29. The fraction of sp³-hybridized carbons (Fsp3) is 0.583. The first-order valence-electron chi connectivity index (χ1n) is 5.73. The molecule has 0 aliphatic carbocycles. The first kappa shape index (κ1) is 23.8. The molecular weight excluding hydrogens is 284 g/mol. The van der Waals surface area contributed by atoms with E-state index in [4.69, 9.17) is 15.0 Å². The Morgan fingerprint density at radius 3 is 1.71 bits per heavy atom. The maximum Gasteiger partial charge on any atom is 0.507 e. The Bertz CT molecular complexity index is 360. The van der Waals surface area contributed by atoms with Crippen molar-refractivity contribution in [2.24, 2.45) is 7.05 Å². The minimum atomic E-state index is -1.50. The molecule has 0 saturated heterocycles. The lowest BCUT2D eigenvalue weighted by Gasteiger charge is -1.92. The van der Waals surface area contributed by atoms with Crippen molar-refractivity contribution in [3.63, 3.8) is 0 Å². The van der Waals surface area contributed by atoms with Crippen LogP contribution in [0.1, 0.15) is 6.92 Å². The number of aromatic nitrogens is 2. The van der Waals surface area contributed by atoms with Crippen LogP contribution in [0.15, 0.2) is 18.7 Å². The van der Waals surface area contributed by atoms with E-state index in [0.29, 0.717) is 0 Å². The maximum absolute atomic E-state index is 9.74. The van der Waals surface area contributed by atoms with Crippen LogP contribution in [0, 0.1) is 0 Å². The third-order valence-corrected chi connectivity index (χ3v) is 1.69. The van der Waals surface area contributed by atoms with Crippen molar-refractivity contribution in [2.75, 3.05) is 28.4 Å². The third-order valence-electron chi connectivity index (χ3n) is 1.69. The zero-order valence-corrected chi connectivity index (χ0v) is 13.2. The van der Waals surface area contributed by atoms with Crippen molar-refractivity contribution in [2.45, 2.75) is 13.5 Å². The summed E-state index contributed by atoms with van der Waals surface area (Å²) in [6.07, 6.45) is 3.99. The van der Waals surface area contributed by atoms with Gasteiger partial charge in [-0.3, -0.25) is 0 Å². The molecule has 0 bridgehead atoms. The zero-order valence-electron chi connectivity index (χ0n) is 13.2. The molecule has 0 unspecified atom stereocenters.